The molecule has 0 saturated carbocycles. The number of hydrogen-bond donors (Lipinski definition) is 0. The van der Waals surface area contributed by atoms with Gasteiger partial charge in [0.05, 0.1) is 5.56 Å². The van der Waals surface area contributed by atoms with E-state index in [0.717, 1.165) is 30.2 Å². The van der Waals surface area contributed by atoms with E-state index in [1.54, 1.807) is 12.1 Å². The topological polar surface area (TPSA) is 9.23 Å². The summed E-state index contributed by atoms with van der Waals surface area (Å²) in [5.41, 5.74) is 0.343. The molecule has 0 aromatic heterocycles. The fourth-order valence-corrected chi connectivity index (χ4v) is 3.59. The lowest BCUT2D eigenvalue weighted by Crippen LogP contribution is -2.30. The zero-order valence-electron chi connectivity index (χ0n) is 11.0. The Bertz CT molecular complexity index is 371. The second-order valence-corrected chi connectivity index (χ2v) is 9.20. The fourth-order valence-electron chi connectivity index (χ4n) is 1.77. The summed E-state index contributed by atoms with van der Waals surface area (Å²) in [4.78, 5) is 0. The summed E-state index contributed by atoms with van der Waals surface area (Å²) < 4.78 is 42.8. The molecule has 5 heteroatoms. The van der Waals surface area contributed by atoms with Crippen LogP contribution in [0, 0.1) is 0 Å². The van der Waals surface area contributed by atoms with Gasteiger partial charge in [-0.2, -0.15) is 13.2 Å². The normalized spacial score (nSPS) is 12.8. The van der Waals surface area contributed by atoms with E-state index in [2.05, 4.69) is 13.1 Å². The molecule has 1 aromatic rings. The predicted octanol–water partition coefficient (Wildman–Crippen LogP) is 4.49. The Morgan fingerprint density at radius 3 is 2.11 bits per heavy atom. The second-order valence-electron chi connectivity index (χ2n) is 4.89. The molecule has 0 aliphatic rings. The van der Waals surface area contributed by atoms with Crippen LogP contribution in [0.25, 0.3) is 0 Å². The van der Waals surface area contributed by atoms with Crippen LogP contribution in [0.3, 0.4) is 0 Å². The molecule has 0 atom stereocenters. The van der Waals surface area contributed by atoms with Crippen LogP contribution in [-0.4, -0.2) is 14.9 Å². The van der Waals surface area contributed by atoms with Gasteiger partial charge in [-0.05, 0) is 50.2 Å². The average molecular weight is 276 g/mol. The molecule has 0 heterocycles. The lowest BCUT2D eigenvalue weighted by molar-refractivity contribution is -0.137. The number of aryl methyl sites for hydroxylation is 1. The van der Waals surface area contributed by atoms with E-state index in [9.17, 15) is 13.2 Å². The van der Waals surface area contributed by atoms with Gasteiger partial charge in [0.2, 0.25) is 0 Å². The minimum atomic E-state index is -4.25. The van der Waals surface area contributed by atoms with Crippen molar-refractivity contribution in [3.05, 3.63) is 35.4 Å². The first kappa shape index (κ1) is 15.2. The maximum atomic E-state index is 12.4. The van der Waals surface area contributed by atoms with Crippen molar-refractivity contribution in [3.63, 3.8) is 0 Å². The molecule has 0 amide bonds. The molecule has 0 unspecified atom stereocenters. The number of hydrogen-bond acceptors (Lipinski definition) is 1. The van der Waals surface area contributed by atoms with Crippen molar-refractivity contribution in [1.29, 1.82) is 0 Å². The smallest absolute Gasteiger partial charge is 0.416 e. The molecular formula is C13H19F3OSi. The van der Waals surface area contributed by atoms with Crippen LogP contribution in [0.15, 0.2) is 24.3 Å². The van der Waals surface area contributed by atoms with Crippen molar-refractivity contribution < 1.29 is 17.6 Å². The van der Waals surface area contributed by atoms with Gasteiger partial charge in [-0.25, -0.2) is 0 Å². The molecule has 0 spiro atoms. The maximum Gasteiger partial charge on any atom is 0.416 e. The van der Waals surface area contributed by atoms with Gasteiger partial charge >= 0.3 is 6.18 Å². The highest BCUT2D eigenvalue weighted by molar-refractivity contribution is 6.71. The molecule has 1 rings (SSSR count). The summed E-state index contributed by atoms with van der Waals surface area (Å²) in [5, 5.41) is 0. The molecular weight excluding hydrogens is 257 g/mol. The van der Waals surface area contributed by atoms with Crippen LogP contribution in [0.1, 0.15) is 18.1 Å². The molecule has 0 fully saturated rings. The summed E-state index contributed by atoms with van der Waals surface area (Å²) in [6.07, 6.45) is -3.48. The molecule has 18 heavy (non-hydrogen) atoms. The third kappa shape index (κ3) is 4.82. The summed E-state index contributed by atoms with van der Waals surface area (Å²) >= 11 is 0. The zero-order valence-corrected chi connectivity index (χ0v) is 12.0. The number of alkyl halides is 3. The lowest BCUT2D eigenvalue weighted by atomic mass is 10.1. The van der Waals surface area contributed by atoms with Crippen molar-refractivity contribution in [2.45, 2.75) is 38.7 Å². The monoisotopic (exact) mass is 276 g/mol. The van der Waals surface area contributed by atoms with Gasteiger partial charge in [-0.3, -0.25) is 0 Å². The largest absolute Gasteiger partial charge is 0.418 e. The lowest BCUT2D eigenvalue weighted by Gasteiger charge is -2.21. The number of halogens is 3. The number of benzene rings is 1. The van der Waals surface area contributed by atoms with Crippen LogP contribution in [-0.2, 0) is 17.0 Å². The zero-order chi connectivity index (χ0) is 13.8. The van der Waals surface area contributed by atoms with Crippen LogP contribution in [0.5, 0.6) is 0 Å². The summed E-state index contributed by atoms with van der Waals surface area (Å²) in [6, 6.07) is 6.32. The van der Waals surface area contributed by atoms with E-state index in [1.165, 1.54) is 0 Å². The van der Waals surface area contributed by atoms with E-state index < -0.39 is 20.1 Å². The average Bonchev–Trinajstić information content (AvgIpc) is 2.26. The molecule has 0 radical (unpaired) electrons. The van der Waals surface area contributed by atoms with Crippen molar-refractivity contribution >= 4 is 8.32 Å². The Hall–Kier alpha value is -0.813. The molecule has 0 N–H and O–H groups in total. The summed E-state index contributed by atoms with van der Waals surface area (Å²) in [5.74, 6) is 0. The third-order valence-corrected chi connectivity index (χ3v) is 5.36. The Balaban J connectivity index is 2.60. The van der Waals surface area contributed by atoms with Crippen molar-refractivity contribution in [2.24, 2.45) is 0 Å². The molecule has 102 valence electrons. The third-order valence-electron chi connectivity index (χ3n) is 2.83. The van der Waals surface area contributed by atoms with Gasteiger partial charge in [-0.15, -0.1) is 0 Å². The van der Waals surface area contributed by atoms with Gasteiger partial charge in [0.15, 0.2) is 8.32 Å². The number of rotatable bonds is 5. The molecule has 0 aliphatic carbocycles. The summed E-state index contributed by atoms with van der Waals surface area (Å²) in [6.45, 7) is 6.92. The van der Waals surface area contributed by atoms with E-state index >= 15 is 0 Å². The highest BCUT2D eigenvalue weighted by Gasteiger charge is 2.30. The highest BCUT2D eigenvalue weighted by Crippen LogP contribution is 2.29. The van der Waals surface area contributed by atoms with Crippen LogP contribution >= 0.6 is 0 Å². The van der Waals surface area contributed by atoms with Gasteiger partial charge in [-0.1, -0.05) is 12.1 Å². The van der Waals surface area contributed by atoms with E-state index in [1.807, 2.05) is 6.92 Å². The maximum absolute atomic E-state index is 12.4. The quantitative estimate of drug-likeness (QED) is 0.720. The first-order valence-corrected chi connectivity index (χ1v) is 9.16. The predicted molar refractivity (Wildman–Crippen MR) is 69.1 cm³/mol. The van der Waals surface area contributed by atoms with E-state index in [0.29, 0.717) is 6.61 Å². The minimum Gasteiger partial charge on any atom is -0.418 e. The van der Waals surface area contributed by atoms with Crippen LogP contribution in [0.4, 0.5) is 13.2 Å². The SMILES string of the molecule is CCO[Si](C)(C)CCc1ccc(C(F)(F)F)cc1. The van der Waals surface area contributed by atoms with Gasteiger partial charge in [0.25, 0.3) is 0 Å². The van der Waals surface area contributed by atoms with Crippen molar-refractivity contribution in [3.8, 4) is 0 Å². The molecule has 0 aliphatic heterocycles. The van der Waals surface area contributed by atoms with Gasteiger partial charge in [0, 0.05) is 6.61 Å². The fraction of sp³-hybridized carbons (Fsp3) is 0.538. The van der Waals surface area contributed by atoms with Crippen molar-refractivity contribution in [2.75, 3.05) is 6.61 Å². The Kier molecular flexibility index (Phi) is 4.98. The van der Waals surface area contributed by atoms with E-state index in [4.69, 9.17) is 4.43 Å². The molecule has 1 aromatic carbocycles. The van der Waals surface area contributed by atoms with E-state index in [-0.39, 0.29) is 0 Å². The second kappa shape index (κ2) is 5.89. The molecule has 1 nitrogen and oxygen atoms in total. The first-order valence-electron chi connectivity index (χ1n) is 6.05. The van der Waals surface area contributed by atoms with Gasteiger partial charge in [0.1, 0.15) is 0 Å². The Morgan fingerprint density at radius 1 is 1.11 bits per heavy atom. The Morgan fingerprint density at radius 2 is 1.67 bits per heavy atom. The minimum absolute atomic E-state index is 0.590. The summed E-state index contributed by atoms with van der Waals surface area (Å²) in [7, 11) is -1.66. The van der Waals surface area contributed by atoms with Crippen molar-refractivity contribution in [1.82, 2.24) is 0 Å². The molecule has 0 bridgehead atoms. The van der Waals surface area contributed by atoms with Crippen LogP contribution in [0.2, 0.25) is 19.1 Å². The standard InChI is InChI=1S/C13H19F3OSi/c1-4-17-18(2,3)10-9-11-5-7-12(8-6-11)13(14,15)16/h5-8H,4,9-10H2,1-3H3. The Labute approximate surface area is 107 Å². The van der Waals surface area contributed by atoms with Crippen LogP contribution < -0.4 is 0 Å². The van der Waals surface area contributed by atoms with Gasteiger partial charge < -0.3 is 4.43 Å². The highest BCUT2D eigenvalue weighted by atomic mass is 28.4. The molecule has 0 saturated heterocycles. The first-order chi connectivity index (χ1) is 8.24.